The Balaban J connectivity index is 1.10. The maximum atomic E-state index is 6.70. The number of fused-ring (bicyclic) bond motifs is 10. The minimum atomic E-state index is -0.280. The van der Waals surface area contributed by atoms with E-state index in [-0.39, 0.29) is 6.17 Å². The Morgan fingerprint density at radius 3 is 1.96 bits per heavy atom. The van der Waals surface area contributed by atoms with Gasteiger partial charge >= 0.3 is 0 Å². The maximum absolute atomic E-state index is 6.70. The lowest BCUT2D eigenvalue weighted by Gasteiger charge is -2.24. The van der Waals surface area contributed by atoms with Gasteiger partial charge in [-0.25, -0.2) is 9.98 Å². The molecule has 4 heterocycles. The molecule has 1 unspecified atom stereocenters. The first-order chi connectivity index (χ1) is 28.3. The van der Waals surface area contributed by atoms with Crippen LogP contribution in [0.2, 0.25) is 0 Å². The summed E-state index contributed by atoms with van der Waals surface area (Å²) in [4.78, 5) is 10.2. The van der Waals surface area contributed by atoms with Gasteiger partial charge in [0.2, 0.25) is 0 Å². The molecule has 57 heavy (non-hydrogen) atoms. The molecule has 0 saturated carbocycles. The molecule has 6 nitrogen and oxygen atoms in total. The van der Waals surface area contributed by atoms with E-state index in [1.165, 1.54) is 10.8 Å². The molecule has 8 aromatic carbocycles. The van der Waals surface area contributed by atoms with Crippen LogP contribution in [0.25, 0.3) is 76.9 Å². The quantitative estimate of drug-likeness (QED) is 0.192. The van der Waals surface area contributed by atoms with Gasteiger partial charge in [0.1, 0.15) is 23.2 Å². The minimum Gasteiger partial charge on any atom is -0.455 e. The third-order valence-electron chi connectivity index (χ3n) is 11.3. The first-order valence-electron chi connectivity index (χ1n) is 19.3. The Hall–Kier alpha value is -7.70. The first kappa shape index (κ1) is 31.6. The van der Waals surface area contributed by atoms with Crippen LogP contribution in [0.4, 0.5) is 0 Å². The zero-order valence-electron chi connectivity index (χ0n) is 30.7. The van der Waals surface area contributed by atoms with Crippen molar-refractivity contribution >= 4 is 77.2 Å². The normalized spacial score (nSPS) is 14.5. The third-order valence-corrected chi connectivity index (χ3v) is 11.3. The molecule has 11 aromatic rings. The topological polar surface area (TPSA) is 59.8 Å². The van der Waals surface area contributed by atoms with Crippen LogP contribution in [0.3, 0.4) is 0 Å². The number of benzene rings is 8. The standard InChI is InChI=1S/C51H33N5O/c1-4-15-32(16-5-1)49-52-50(33-17-6-2-7-18-33)54-51(53-49)34-19-14-22-36(29-34)56-42-25-12-10-23-37(42)40-30-41-45(31-44(40)56)55(35-20-8-3-9-21-35)43-28-27-39-38-24-11-13-26-46(38)57-48(39)47(41)43/h1-31,49H,(H,52,53,54). The molecular formula is C51H33N5O. The number of nitrogens with zero attached hydrogens (tertiary/aromatic N) is 4. The van der Waals surface area contributed by atoms with Gasteiger partial charge in [-0.05, 0) is 66.2 Å². The number of rotatable bonds is 5. The van der Waals surface area contributed by atoms with Gasteiger partial charge in [0.05, 0.1) is 27.5 Å². The van der Waals surface area contributed by atoms with Crippen LogP contribution in [-0.4, -0.2) is 20.8 Å². The van der Waals surface area contributed by atoms with Crippen molar-refractivity contribution in [2.45, 2.75) is 6.17 Å². The average Bonchev–Trinajstić information content (AvgIpc) is 3.93. The summed E-state index contributed by atoms with van der Waals surface area (Å²) < 4.78 is 11.5. The summed E-state index contributed by atoms with van der Waals surface area (Å²) in [5.74, 6) is 1.48. The predicted octanol–water partition coefficient (Wildman–Crippen LogP) is 12.3. The fourth-order valence-corrected chi connectivity index (χ4v) is 8.79. The van der Waals surface area contributed by atoms with Gasteiger partial charge in [0.25, 0.3) is 0 Å². The molecule has 0 aliphatic carbocycles. The molecular weight excluding hydrogens is 699 g/mol. The average molecular weight is 732 g/mol. The number of para-hydroxylation sites is 3. The molecule has 0 fully saturated rings. The SMILES string of the molecule is c1ccc(C2=NC(c3ccccc3)NC(c3cccc(-n4c5ccccc5c5cc6c7c8oc9ccccc9c8ccc7n(-c7ccccc7)c6cc54)c3)=N2)cc1. The van der Waals surface area contributed by atoms with Crippen molar-refractivity contribution < 1.29 is 4.42 Å². The Bertz CT molecular complexity index is 3430. The fourth-order valence-electron chi connectivity index (χ4n) is 8.79. The Morgan fingerprint density at radius 2 is 1.12 bits per heavy atom. The zero-order valence-corrected chi connectivity index (χ0v) is 30.7. The van der Waals surface area contributed by atoms with Crippen molar-refractivity contribution in [3.63, 3.8) is 0 Å². The van der Waals surface area contributed by atoms with Crippen LogP contribution in [0, 0.1) is 0 Å². The Morgan fingerprint density at radius 1 is 0.456 bits per heavy atom. The number of hydrogen-bond donors (Lipinski definition) is 1. The summed E-state index contributed by atoms with van der Waals surface area (Å²) in [6.45, 7) is 0. The lowest BCUT2D eigenvalue weighted by molar-refractivity contribution is 0.673. The third kappa shape index (κ3) is 4.90. The molecule has 12 rings (SSSR count). The molecule has 6 heteroatoms. The highest BCUT2D eigenvalue weighted by atomic mass is 16.3. The maximum Gasteiger partial charge on any atom is 0.159 e. The molecule has 0 saturated heterocycles. The molecule has 0 spiro atoms. The Labute approximate surface area is 327 Å². The summed E-state index contributed by atoms with van der Waals surface area (Å²) >= 11 is 0. The van der Waals surface area contributed by atoms with Gasteiger partial charge in [-0.15, -0.1) is 0 Å². The molecule has 1 N–H and O–H groups in total. The summed E-state index contributed by atoms with van der Waals surface area (Å²) in [7, 11) is 0. The van der Waals surface area contributed by atoms with Crippen LogP contribution in [0.15, 0.2) is 202 Å². The van der Waals surface area contributed by atoms with Crippen molar-refractivity contribution in [1.82, 2.24) is 14.5 Å². The molecule has 268 valence electrons. The predicted molar refractivity (Wildman–Crippen MR) is 234 cm³/mol. The number of amidine groups is 2. The van der Waals surface area contributed by atoms with E-state index in [0.717, 1.165) is 88.7 Å². The van der Waals surface area contributed by atoms with Crippen molar-refractivity contribution in [2.75, 3.05) is 0 Å². The highest BCUT2D eigenvalue weighted by Crippen LogP contribution is 2.43. The number of aromatic nitrogens is 2. The molecule has 0 bridgehead atoms. The van der Waals surface area contributed by atoms with Crippen molar-refractivity contribution in [3.05, 3.63) is 205 Å². The molecule has 0 radical (unpaired) electrons. The second-order valence-corrected chi connectivity index (χ2v) is 14.6. The summed E-state index contributed by atoms with van der Waals surface area (Å²) in [6.07, 6.45) is -0.280. The van der Waals surface area contributed by atoms with Crippen LogP contribution in [0.1, 0.15) is 22.9 Å². The number of hydrogen-bond acceptors (Lipinski definition) is 4. The molecule has 1 aliphatic heterocycles. The molecule has 0 amide bonds. The second-order valence-electron chi connectivity index (χ2n) is 14.6. The largest absolute Gasteiger partial charge is 0.455 e. The summed E-state index contributed by atoms with van der Waals surface area (Å²) in [5.41, 5.74) is 11.5. The lowest BCUT2D eigenvalue weighted by Crippen LogP contribution is -2.33. The van der Waals surface area contributed by atoms with E-state index < -0.39 is 0 Å². The highest BCUT2D eigenvalue weighted by Gasteiger charge is 2.24. The van der Waals surface area contributed by atoms with E-state index in [9.17, 15) is 0 Å². The number of aliphatic imine (C=N–C) groups is 2. The van der Waals surface area contributed by atoms with Crippen molar-refractivity contribution in [1.29, 1.82) is 0 Å². The van der Waals surface area contributed by atoms with E-state index >= 15 is 0 Å². The van der Waals surface area contributed by atoms with Crippen LogP contribution in [0.5, 0.6) is 0 Å². The second kappa shape index (κ2) is 12.4. The van der Waals surface area contributed by atoms with Crippen molar-refractivity contribution in [3.8, 4) is 11.4 Å². The monoisotopic (exact) mass is 731 g/mol. The molecule has 3 aromatic heterocycles. The van der Waals surface area contributed by atoms with E-state index in [2.05, 4.69) is 172 Å². The van der Waals surface area contributed by atoms with E-state index in [1.54, 1.807) is 0 Å². The van der Waals surface area contributed by atoms with Gasteiger partial charge < -0.3 is 18.9 Å². The summed E-state index contributed by atoms with van der Waals surface area (Å²) in [6, 6.07) is 66.1. The van der Waals surface area contributed by atoms with Crippen molar-refractivity contribution in [2.24, 2.45) is 9.98 Å². The van der Waals surface area contributed by atoms with Gasteiger partial charge in [-0.1, -0.05) is 127 Å². The Kier molecular flexibility index (Phi) is 6.89. The van der Waals surface area contributed by atoms with E-state index in [1.807, 2.05) is 30.3 Å². The number of furan rings is 1. The first-order valence-corrected chi connectivity index (χ1v) is 19.3. The zero-order chi connectivity index (χ0) is 37.5. The molecule has 1 aliphatic rings. The molecule has 1 atom stereocenters. The van der Waals surface area contributed by atoms with E-state index in [0.29, 0.717) is 5.84 Å². The van der Waals surface area contributed by atoms with E-state index in [4.69, 9.17) is 14.4 Å². The lowest BCUT2D eigenvalue weighted by atomic mass is 10.1. The van der Waals surface area contributed by atoms with Gasteiger partial charge in [-0.2, -0.15) is 0 Å². The highest BCUT2D eigenvalue weighted by molar-refractivity contribution is 6.27. The van der Waals surface area contributed by atoms with Crippen LogP contribution >= 0.6 is 0 Å². The van der Waals surface area contributed by atoms with Gasteiger partial charge in [0.15, 0.2) is 5.84 Å². The van der Waals surface area contributed by atoms with Gasteiger partial charge in [0, 0.05) is 49.4 Å². The number of nitrogens with one attached hydrogen (secondary N) is 1. The minimum absolute atomic E-state index is 0.280. The fraction of sp³-hybridized carbons (Fsp3) is 0.0196. The van der Waals surface area contributed by atoms with Gasteiger partial charge in [-0.3, -0.25) is 0 Å². The van der Waals surface area contributed by atoms with Crippen LogP contribution in [-0.2, 0) is 0 Å². The smallest absolute Gasteiger partial charge is 0.159 e. The summed E-state index contributed by atoms with van der Waals surface area (Å²) in [5, 5.41) is 10.6. The van der Waals surface area contributed by atoms with Crippen LogP contribution < -0.4 is 5.32 Å².